The van der Waals surface area contributed by atoms with Crippen LogP contribution in [0.1, 0.15) is 28.8 Å². The van der Waals surface area contributed by atoms with Crippen LogP contribution in [-0.2, 0) is 6.54 Å². The summed E-state index contributed by atoms with van der Waals surface area (Å²) in [6.07, 6.45) is 0. The van der Waals surface area contributed by atoms with Gasteiger partial charge in [0.15, 0.2) is 0 Å². The molecule has 0 spiro atoms. The summed E-state index contributed by atoms with van der Waals surface area (Å²) in [5, 5.41) is 3.52. The van der Waals surface area contributed by atoms with E-state index >= 15 is 0 Å². The van der Waals surface area contributed by atoms with E-state index in [1.54, 1.807) is 0 Å². The van der Waals surface area contributed by atoms with Gasteiger partial charge in [-0.25, -0.2) is 4.98 Å². The van der Waals surface area contributed by atoms with Crippen LogP contribution in [0.25, 0.3) is 11.3 Å². The highest BCUT2D eigenvalue weighted by Crippen LogP contribution is 2.29. The number of aryl methyl sites for hydroxylation is 1. The third-order valence-corrected chi connectivity index (χ3v) is 6.77. The highest BCUT2D eigenvalue weighted by Gasteiger charge is 2.26. The molecule has 0 amide bonds. The lowest BCUT2D eigenvalue weighted by atomic mass is 9.96. The van der Waals surface area contributed by atoms with E-state index < -0.39 is 0 Å². The second kappa shape index (κ2) is 11.5. The van der Waals surface area contributed by atoms with Crippen LogP contribution < -0.4 is 5.32 Å². The quantitative estimate of drug-likeness (QED) is 0.346. The van der Waals surface area contributed by atoms with Gasteiger partial charge in [-0.05, 0) is 18.1 Å². The Balaban J connectivity index is 1.11. The number of benzene rings is 3. The van der Waals surface area contributed by atoms with Crippen LogP contribution in [0.15, 0.2) is 95.4 Å². The van der Waals surface area contributed by atoms with E-state index in [1.165, 1.54) is 11.1 Å². The molecule has 180 valence electrons. The van der Waals surface area contributed by atoms with Crippen LogP contribution in [0, 0.1) is 6.92 Å². The number of hydrogen-bond acceptors (Lipinski definition) is 5. The Morgan fingerprint density at radius 1 is 0.800 bits per heavy atom. The van der Waals surface area contributed by atoms with Crippen molar-refractivity contribution in [2.24, 2.45) is 0 Å². The number of nitrogens with one attached hydrogen (secondary N) is 1. The van der Waals surface area contributed by atoms with Crippen molar-refractivity contribution in [3.8, 4) is 11.3 Å². The molecule has 1 N–H and O–H groups in total. The summed E-state index contributed by atoms with van der Waals surface area (Å²) in [6.45, 7) is 8.86. The van der Waals surface area contributed by atoms with Crippen LogP contribution in [0.3, 0.4) is 0 Å². The maximum atomic E-state index is 5.89. The van der Waals surface area contributed by atoms with Crippen LogP contribution in [-0.4, -0.2) is 54.1 Å². The predicted molar refractivity (Wildman–Crippen MR) is 141 cm³/mol. The third kappa shape index (κ3) is 5.88. The minimum absolute atomic E-state index is 0.310. The Labute approximate surface area is 208 Å². The first-order valence-corrected chi connectivity index (χ1v) is 12.6. The molecule has 1 saturated heterocycles. The molecule has 35 heavy (non-hydrogen) atoms. The molecule has 1 aromatic heterocycles. The average Bonchev–Trinajstić information content (AvgIpc) is 3.29. The first kappa shape index (κ1) is 23.5. The van der Waals surface area contributed by atoms with Crippen molar-refractivity contribution in [3.63, 3.8) is 0 Å². The summed E-state index contributed by atoms with van der Waals surface area (Å²) in [5.74, 6) is 1.62. The normalized spacial score (nSPS) is 15.0. The van der Waals surface area contributed by atoms with E-state index in [4.69, 9.17) is 9.40 Å². The maximum Gasteiger partial charge on any atom is 0.208 e. The molecule has 1 fully saturated rings. The molecular formula is C30H34N4O. The molecule has 0 saturated carbocycles. The minimum Gasteiger partial charge on any atom is -0.444 e. The molecule has 1 aliphatic rings. The Morgan fingerprint density at radius 2 is 1.37 bits per heavy atom. The summed E-state index contributed by atoms with van der Waals surface area (Å²) in [7, 11) is 0. The number of oxazole rings is 1. The van der Waals surface area contributed by atoms with Gasteiger partial charge in [-0.2, -0.15) is 0 Å². The Bertz CT molecular complexity index is 1130. The summed E-state index contributed by atoms with van der Waals surface area (Å²) < 4.78 is 5.89. The van der Waals surface area contributed by atoms with Gasteiger partial charge in [0.2, 0.25) is 5.89 Å². The summed E-state index contributed by atoms with van der Waals surface area (Å²) in [4.78, 5) is 9.87. The molecule has 1 aliphatic heterocycles. The van der Waals surface area contributed by atoms with Crippen LogP contribution in [0.2, 0.25) is 0 Å². The van der Waals surface area contributed by atoms with Crippen molar-refractivity contribution in [1.82, 2.24) is 20.1 Å². The third-order valence-electron chi connectivity index (χ3n) is 6.77. The first-order valence-electron chi connectivity index (χ1n) is 12.6. The molecule has 2 heterocycles. The number of aromatic nitrogens is 1. The van der Waals surface area contributed by atoms with Gasteiger partial charge < -0.3 is 9.73 Å². The summed E-state index contributed by atoms with van der Waals surface area (Å²) in [5.41, 5.74) is 4.77. The molecule has 3 aromatic carbocycles. The fraction of sp³-hybridized carbons (Fsp3) is 0.300. The molecule has 0 unspecified atom stereocenters. The number of rotatable bonds is 9. The van der Waals surface area contributed by atoms with Crippen molar-refractivity contribution in [3.05, 3.63) is 114 Å². The molecule has 0 aliphatic carbocycles. The maximum absolute atomic E-state index is 5.89. The van der Waals surface area contributed by atoms with E-state index in [9.17, 15) is 0 Å². The highest BCUT2D eigenvalue weighted by atomic mass is 16.4. The Kier molecular flexibility index (Phi) is 7.69. The van der Waals surface area contributed by atoms with Crippen molar-refractivity contribution in [1.29, 1.82) is 0 Å². The second-order valence-corrected chi connectivity index (χ2v) is 9.16. The van der Waals surface area contributed by atoms with Crippen molar-refractivity contribution < 1.29 is 4.42 Å². The van der Waals surface area contributed by atoms with Crippen molar-refractivity contribution in [2.45, 2.75) is 19.5 Å². The van der Waals surface area contributed by atoms with Crippen LogP contribution >= 0.6 is 0 Å². The molecule has 0 radical (unpaired) electrons. The second-order valence-electron chi connectivity index (χ2n) is 9.16. The van der Waals surface area contributed by atoms with E-state index in [1.807, 2.05) is 25.1 Å². The number of piperazine rings is 1. The minimum atomic E-state index is 0.310. The largest absolute Gasteiger partial charge is 0.444 e. The van der Waals surface area contributed by atoms with Gasteiger partial charge in [-0.1, -0.05) is 91.0 Å². The van der Waals surface area contributed by atoms with Crippen molar-refractivity contribution in [2.75, 3.05) is 39.3 Å². The standard InChI is InChI=1S/C30H34N4O/c1-24-29(25-11-5-2-6-12-25)32-28(35-24)23-31-17-18-33-19-21-34(22-20-33)30(26-13-7-3-8-14-26)27-15-9-4-10-16-27/h2-16,30-31H,17-23H2,1H3. The fourth-order valence-electron chi connectivity index (χ4n) is 4.95. The van der Waals surface area contributed by atoms with E-state index in [0.29, 0.717) is 12.6 Å². The molecule has 0 bridgehead atoms. The zero-order valence-electron chi connectivity index (χ0n) is 20.4. The van der Waals surface area contributed by atoms with Crippen LogP contribution in [0.4, 0.5) is 0 Å². The van der Waals surface area contributed by atoms with Gasteiger partial charge in [0, 0.05) is 44.8 Å². The molecule has 5 heteroatoms. The fourth-order valence-corrected chi connectivity index (χ4v) is 4.95. The SMILES string of the molecule is Cc1oc(CNCCN2CCN(C(c3ccccc3)c3ccccc3)CC2)nc1-c1ccccc1. The molecular weight excluding hydrogens is 432 g/mol. The monoisotopic (exact) mass is 466 g/mol. The first-order chi connectivity index (χ1) is 17.3. The molecule has 0 atom stereocenters. The lowest BCUT2D eigenvalue weighted by Crippen LogP contribution is -2.49. The average molecular weight is 467 g/mol. The predicted octanol–water partition coefficient (Wildman–Crippen LogP) is 5.15. The van der Waals surface area contributed by atoms with Gasteiger partial charge in [0.25, 0.3) is 0 Å². The highest BCUT2D eigenvalue weighted by molar-refractivity contribution is 5.60. The number of hydrogen-bond donors (Lipinski definition) is 1. The van der Waals surface area contributed by atoms with Gasteiger partial charge in [0.05, 0.1) is 12.6 Å². The summed E-state index contributed by atoms with van der Waals surface area (Å²) in [6, 6.07) is 32.3. The molecule has 4 aromatic rings. The van der Waals surface area contributed by atoms with Gasteiger partial charge >= 0.3 is 0 Å². The molecule has 5 nitrogen and oxygen atoms in total. The van der Waals surface area contributed by atoms with E-state index in [0.717, 1.165) is 62.2 Å². The summed E-state index contributed by atoms with van der Waals surface area (Å²) >= 11 is 0. The van der Waals surface area contributed by atoms with Gasteiger partial charge in [-0.3, -0.25) is 9.80 Å². The smallest absolute Gasteiger partial charge is 0.208 e. The lowest BCUT2D eigenvalue weighted by molar-refractivity contribution is 0.110. The zero-order valence-corrected chi connectivity index (χ0v) is 20.4. The zero-order chi connectivity index (χ0) is 23.9. The lowest BCUT2D eigenvalue weighted by Gasteiger charge is -2.39. The van der Waals surface area contributed by atoms with Crippen molar-refractivity contribution >= 4 is 0 Å². The van der Waals surface area contributed by atoms with E-state index in [-0.39, 0.29) is 0 Å². The van der Waals surface area contributed by atoms with Gasteiger partial charge in [-0.15, -0.1) is 0 Å². The number of nitrogens with zero attached hydrogens (tertiary/aromatic N) is 3. The Morgan fingerprint density at radius 3 is 1.97 bits per heavy atom. The van der Waals surface area contributed by atoms with E-state index in [2.05, 4.69) is 87.9 Å². The topological polar surface area (TPSA) is 44.5 Å². The molecule has 5 rings (SSSR count). The Hall–Kier alpha value is -3.25. The van der Waals surface area contributed by atoms with Crippen LogP contribution in [0.5, 0.6) is 0 Å². The van der Waals surface area contributed by atoms with Gasteiger partial charge in [0.1, 0.15) is 11.5 Å².